The van der Waals surface area contributed by atoms with Crippen molar-refractivity contribution in [1.29, 1.82) is 0 Å². The molecule has 0 fully saturated rings. The van der Waals surface area contributed by atoms with Gasteiger partial charge in [0.1, 0.15) is 23.9 Å². The van der Waals surface area contributed by atoms with Crippen molar-refractivity contribution in [3.63, 3.8) is 0 Å². The molecule has 0 radical (unpaired) electrons. The summed E-state index contributed by atoms with van der Waals surface area (Å²) >= 11 is 0. The molecule has 0 N–H and O–H groups in total. The summed E-state index contributed by atoms with van der Waals surface area (Å²) in [5.74, 6) is 1.19. The number of ketones is 1. The van der Waals surface area contributed by atoms with Gasteiger partial charge in [0.05, 0.1) is 14.2 Å². The maximum atomic E-state index is 11.9. The van der Waals surface area contributed by atoms with E-state index in [0.29, 0.717) is 28.4 Å². The van der Waals surface area contributed by atoms with Crippen molar-refractivity contribution < 1.29 is 28.5 Å². The zero-order valence-corrected chi connectivity index (χ0v) is 14.4. The van der Waals surface area contributed by atoms with Gasteiger partial charge in [0.2, 0.25) is 0 Å². The van der Waals surface area contributed by atoms with E-state index in [1.165, 1.54) is 14.0 Å². The maximum Gasteiger partial charge on any atom is 0.344 e. The molecule has 6 heteroatoms. The van der Waals surface area contributed by atoms with Gasteiger partial charge in [0, 0.05) is 11.1 Å². The molecule has 0 aliphatic rings. The first kappa shape index (κ1) is 18.3. The van der Waals surface area contributed by atoms with E-state index in [9.17, 15) is 9.59 Å². The lowest BCUT2D eigenvalue weighted by atomic mass is 10.1. The monoisotopic (exact) mass is 344 g/mol. The topological polar surface area (TPSA) is 71.1 Å². The van der Waals surface area contributed by atoms with E-state index in [1.807, 2.05) is 0 Å². The van der Waals surface area contributed by atoms with Crippen LogP contribution in [0.4, 0.5) is 0 Å². The molecule has 2 aromatic carbocycles. The molecule has 0 bridgehead atoms. The van der Waals surface area contributed by atoms with E-state index in [4.69, 9.17) is 18.9 Å². The highest BCUT2D eigenvalue weighted by molar-refractivity contribution is 5.94. The molecule has 2 rings (SSSR count). The molecule has 0 saturated heterocycles. The lowest BCUT2D eigenvalue weighted by Crippen LogP contribution is -2.15. The molecule has 25 heavy (non-hydrogen) atoms. The van der Waals surface area contributed by atoms with Crippen molar-refractivity contribution in [3.05, 3.63) is 53.6 Å². The first-order valence-electron chi connectivity index (χ1n) is 7.64. The van der Waals surface area contributed by atoms with Crippen LogP contribution in [0.25, 0.3) is 0 Å². The van der Waals surface area contributed by atoms with Gasteiger partial charge >= 0.3 is 5.97 Å². The van der Waals surface area contributed by atoms with Crippen LogP contribution >= 0.6 is 0 Å². The van der Waals surface area contributed by atoms with E-state index in [1.54, 1.807) is 49.6 Å². The average molecular weight is 344 g/mol. The van der Waals surface area contributed by atoms with Gasteiger partial charge in [-0.05, 0) is 49.4 Å². The lowest BCUT2D eigenvalue weighted by molar-refractivity contribution is -0.147. The minimum atomic E-state index is -0.522. The van der Waals surface area contributed by atoms with Crippen LogP contribution in [-0.2, 0) is 16.1 Å². The van der Waals surface area contributed by atoms with Gasteiger partial charge in [-0.1, -0.05) is 0 Å². The van der Waals surface area contributed by atoms with Crippen LogP contribution in [0.15, 0.2) is 42.5 Å². The fraction of sp³-hybridized carbons (Fsp3) is 0.263. The molecule has 0 aromatic heterocycles. The quantitative estimate of drug-likeness (QED) is 0.541. The van der Waals surface area contributed by atoms with Gasteiger partial charge in [-0.3, -0.25) is 4.79 Å². The SMILES string of the molecule is COc1ccc(OCC(=O)OCc2cc(C(C)=O)ccc2OC)cc1. The van der Waals surface area contributed by atoms with Crippen LogP contribution in [0, 0.1) is 0 Å². The Morgan fingerprint density at radius 3 is 2.20 bits per heavy atom. The number of methoxy groups -OCH3 is 2. The number of hydrogen-bond donors (Lipinski definition) is 0. The zero-order chi connectivity index (χ0) is 18.2. The molecule has 0 atom stereocenters. The molecule has 0 saturated carbocycles. The molecule has 6 nitrogen and oxygen atoms in total. The van der Waals surface area contributed by atoms with Crippen molar-refractivity contribution in [2.24, 2.45) is 0 Å². The Morgan fingerprint density at radius 2 is 1.60 bits per heavy atom. The second-order valence-corrected chi connectivity index (χ2v) is 5.21. The van der Waals surface area contributed by atoms with E-state index in [2.05, 4.69) is 0 Å². The maximum absolute atomic E-state index is 11.9. The highest BCUT2D eigenvalue weighted by Crippen LogP contribution is 2.21. The van der Waals surface area contributed by atoms with Crippen molar-refractivity contribution in [1.82, 2.24) is 0 Å². The van der Waals surface area contributed by atoms with Crippen LogP contribution in [-0.4, -0.2) is 32.6 Å². The molecule has 0 heterocycles. The molecule has 2 aromatic rings. The second-order valence-electron chi connectivity index (χ2n) is 5.21. The van der Waals surface area contributed by atoms with Gasteiger partial charge in [-0.2, -0.15) is 0 Å². The summed E-state index contributed by atoms with van der Waals surface area (Å²) < 4.78 is 20.8. The minimum Gasteiger partial charge on any atom is -0.497 e. The van der Waals surface area contributed by atoms with Crippen LogP contribution in [0.3, 0.4) is 0 Å². The Hall–Kier alpha value is -3.02. The first-order chi connectivity index (χ1) is 12.0. The van der Waals surface area contributed by atoms with Crippen molar-refractivity contribution in [3.8, 4) is 17.2 Å². The molecule has 0 aliphatic carbocycles. The predicted molar refractivity (Wildman–Crippen MR) is 91.3 cm³/mol. The molecule has 0 unspecified atom stereocenters. The third-order valence-electron chi connectivity index (χ3n) is 3.49. The molecule has 0 amide bonds. The summed E-state index contributed by atoms with van der Waals surface area (Å²) in [5.41, 5.74) is 1.15. The Labute approximate surface area is 146 Å². The molecular formula is C19H20O6. The highest BCUT2D eigenvalue weighted by Gasteiger charge is 2.11. The number of carbonyl (C=O) groups is 2. The summed E-state index contributed by atoms with van der Waals surface area (Å²) in [6, 6.07) is 11.9. The van der Waals surface area contributed by atoms with Crippen LogP contribution < -0.4 is 14.2 Å². The molecular weight excluding hydrogens is 324 g/mol. The van der Waals surface area contributed by atoms with E-state index >= 15 is 0 Å². The van der Waals surface area contributed by atoms with E-state index < -0.39 is 5.97 Å². The predicted octanol–water partition coefficient (Wildman–Crippen LogP) is 3.03. The number of Topliss-reactive ketones (excluding diaryl/α,β-unsaturated/α-hetero) is 1. The smallest absolute Gasteiger partial charge is 0.344 e. The first-order valence-corrected chi connectivity index (χ1v) is 7.64. The molecule has 0 spiro atoms. The Balaban J connectivity index is 1.90. The average Bonchev–Trinajstić information content (AvgIpc) is 2.64. The largest absolute Gasteiger partial charge is 0.497 e. The van der Waals surface area contributed by atoms with Crippen molar-refractivity contribution in [2.45, 2.75) is 13.5 Å². The summed E-state index contributed by atoms with van der Waals surface area (Å²) in [4.78, 5) is 23.3. The number of hydrogen-bond acceptors (Lipinski definition) is 6. The van der Waals surface area contributed by atoms with E-state index in [-0.39, 0.29) is 19.0 Å². The fourth-order valence-electron chi connectivity index (χ4n) is 2.12. The molecule has 0 aliphatic heterocycles. The number of carbonyl (C=O) groups excluding carboxylic acids is 2. The summed E-state index contributed by atoms with van der Waals surface area (Å²) in [5, 5.41) is 0. The second kappa shape index (κ2) is 8.73. The number of benzene rings is 2. The number of esters is 1. The minimum absolute atomic E-state index is 0.00486. The number of ether oxygens (including phenoxy) is 4. The Kier molecular flexibility index (Phi) is 6.39. The van der Waals surface area contributed by atoms with Crippen LogP contribution in [0.1, 0.15) is 22.8 Å². The van der Waals surface area contributed by atoms with Gasteiger partial charge < -0.3 is 18.9 Å². The fourth-order valence-corrected chi connectivity index (χ4v) is 2.12. The lowest BCUT2D eigenvalue weighted by Gasteiger charge is -2.11. The van der Waals surface area contributed by atoms with Crippen LogP contribution in [0.5, 0.6) is 17.2 Å². The third-order valence-corrected chi connectivity index (χ3v) is 3.49. The zero-order valence-electron chi connectivity index (χ0n) is 14.4. The summed E-state index contributed by atoms with van der Waals surface area (Å²) in [6.07, 6.45) is 0. The standard InChI is InChI=1S/C19H20O6/c1-13(20)14-4-9-18(23-3)15(10-14)11-25-19(21)12-24-17-7-5-16(22-2)6-8-17/h4-10H,11-12H2,1-3H3. The van der Waals surface area contributed by atoms with Gasteiger partial charge in [-0.15, -0.1) is 0 Å². The highest BCUT2D eigenvalue weighted by atomic mass is 16.6. The van der Waals surface area contributed by atoms with Crippen LogP contribution in [0.2, 0.25) is 0 Å². The number of rotatable bonds is 8. The van der Waals surface area contributed by atoms with Gasteiger partial charge in [0.15, 0.2) is 12.4 Å². The summed E-state index contributed by atoms with van der Waals surface area (Å²) in [7, 11) is 3.09. The Morgan fingerprint density at radius 1 is 0.920 bits per heavy atom. The Bertz CT molecular complexity index is 736. The molecule has 132 valence electrons. The van der Waals surface area contributed by atoms with Crippen molar-refractivity contribution >= 4 is 11.8 Å². The van der Waals surface area contributed by atoms with Gasteiger partial charge in [0.25, 0.3) is 0 Å². The van der Waals surface area contributed by atoms with E-state index in [0.717, 1.165) is 0 Å². The third kappa shape index (κ3) is 5.24. The normalized spacial score (nSPS) is 10.0. The van der Waals surface area contributed by atoms with Crippen molar-refractivity contribution in [2.75, 3.05) is 20.8 Å². The van der Waals surface area contributed by atoms with Gasteiger partial charge in [-0.25, -0.2) is 4.79 Å². The summed E-state index contributed by atoms with van der Waals surface area (Å²) in [6.45, 7) is 1.25.